The minimum absolute atomic E-state index is 0.0761. The SMILES string of the molecule is Cc1ccc(-c2nnc(SC(C)C(=O)Nc3cc([N+](=O)[O-])ccc3C)n2-c2ccccc2)cc1. The zero-order valence-electron chi connectivity index (χ0n) is 18.9. The first-order valence-corrected chi connectivity index (χ1v) is 11.5. The number of anilines is 1. The number of amides is 1. The van der Waals surface area contributed by atoms with E-state index in [0.717, 1.165) is 22.4 Å². The first kappa shape index (κ1) is 23.2. The van der Waals surface area contributed by atoms with Crippen molar-refractivity contribution in [2.75, 3.05) is 5.32 Å². The quantitative estimate of drug-likeness (QED) is 0.214. The van der Waals surface area contributed by atoms with Gasteiger partial charge in [-0.2, -0.15) is 0 Å². The fourth-order valence-electron chi connectivity index (χ4n) is 3.35. The molecule has 1 heterocycles. The van der Waals surface area contributed by atoms with Crippen molar-refractivity contribution in [2.24, 2.45) is 0 Å². The summed E-state index contributed by atoms with van der Waals surface area (Å²) >= 11 is 1.27. The molecule has 8 nitrogen and oxygen atoms in total. The summed E-state index contributed by atoms with van der Waals surface area (Å²) in [6, 6.07) is 22.1. The van der Waals surface area contributed by atoms with Crippen LogP contribution in [0.5, 0.6) is 0 Å². The molecule has 3 aromatic carbocycles. The molecular formula is C25H23N5O3S. The highest BCUT2D eigenvalue weighted by molar-refractivity contribution is 8.00. The van der Waals surface area contributed by atoms with Gasteiger partial charge in [0.25, 0.3) is 5.69 Å². The summed E-state index contributed by atoms with van der Waals surface area (Å²) in [5.41, 5.74) is 4.02. The average molecular weight is 474 g/mol. The average Bonchev–Trinajstić information content (AvgIpc) is 3.24. The Labute approximate surface area is 201 Å². The molecule has 1 N–H and O–H groups in total. The maximum absolute atomic E-state index is 13.0. The van der Waals surface area contributed by atoms with Gasteiger partial charge in [0.05, 0.1) is 15.9 Å². The summed E-state index contributed by atoms with van der Waals surface area (Å²) in [4.78, 5) is 23.6. The molecule has 4 rings (SSSR count). The van der Waals surface area contributed by atoms with E-state index in [2.05, 4.69) is 15.5 Å². The predicted molar refractivity (Wildman–Crippen MR) is 133 cm³/mol. The predicted octanol–water partition coefficient (Wildman–Crippen LogP) is 5.58. The Bertz CT molecular complexity index is 1340. The van der Waals surface area contributed by atoms with Crippen molar-refractivity contribution in [1.29, 1.82) is 0 Å². The van der Waals surface area contributed by atoms with Gasteiger partial charge in [0.2, 0.25) is 5.91 Å². The lowest BCUT2D eigenvalue weighted by Crippen LogP contribution is -2.23. The van der Waals surface area contributed by atoms with Crippen molar-refractivity contribution >= 4 is 29.0 Å². The van der Waals surface area contributed by atoms with Crippen LogP contribution in [0, 0.1) is 24.0 Å². The standard InChI is InChI=1S/C25H23N5O3S/c1-16-9-12-19(13-10-16)23-27-28-25(29(23)20-7-5-4-6-8-20)34-18(3)24(31)26-22-15-21(30(32)33)14-11-17(22)2/h4-15,18H,1-3H3,(H,26,31). The second-order valence-electron chi connectivity index (χ2n) is 7.85. The summed E-state index contributed by atoms with van der Waals surface area (Å²) in [5, 5.41) is 22.8. The maximum atomic E-state index is 13.0. The molecule has 0 aliphatic heterocycles. The zero-order valence-corrected chi connectivity index (χ0v) is 19.7. The van der Waals surface area contributed by atoms with Gasteiger partial charge in [0.1, 0.15) is 0 Å². The van der Waals surface area contributed by atoms with E-state index < -0.39 is 10.2 Å². The Morgan fingerprint density at radius 2 is 1.74 bits per heavy atom. The third-order valence-corrected chi connectivity index (χ3v) is 6.34. The van der Waals surface area contributed by atoms with Crippen LogP contribution in [0.2, 0.25) is 0 Å². The molecule has 34 heavy (non-hydrogen) atoms. The van der Waals surface area contributed by atoms with E-state index in [4.69, 9.17) is 0 Å². The molecule has 0 bridgehead atoms. The monoisotopic (exact) mass is 473 g/mol. The number of thioether (sulfide) groups is 1. The molecule has 0 aliphatic rings. The van der Waals surface area contributed by atoms with Gasteiger partial charge in [0.15, 0.2) is 11.0 Å². The van der Waals surface area contributed by atoms with Crippen LogP contribution in [-0.4, -0.2) is 30.8 Å². The third-order valence-electron chi connectivity index (χ3n) is 5.30. The summed E-state index contributed by atoms with van der Waals surface area (Å²) in [6.45, 7) is 5.58. The van der Waals surface area contributed by atoms with Gasteiger partial charge in [-0.1, -0.05) is 65.9 Å². The summed E-state index contributed by atoms with van der Waals surface area (Å²) < 4.78 is 1.93. The highest BCUT2D eigenvalue weighted by Crippen LogP contribution is 2.31. The molecule has 1 unspecified atom stereocenters. The smallest absolute Gasteiger partial charge is 0.271 e. The van der Waals surface area contributed by atoms with Crippen molar-refractivity contribution < 1.29 is 9.72 Å². The Morgan fingerprint density at radius 3 is 2.41 bits per heavy atom. The van der Waals surface area contributed by atoms with Crippen LogP contribution in [0.3, 0.4) is 0 Å². The van der Waals surface area contributed by atoms with Crippen LogP contribution in [0.25, 0.3) is 17.1 Å². The van der Waals surface area contributed by atoms with Crippen LogP contribution in [-0.2, 0) is 4.79 Å². The minimum Gasteiger partial charge on any atom is -0.325 e. The van der Waals surface area contributed by atoms with Gasteiger partial charge in [-0.05, 0) is 38.5 Å². The number of benzene rings is 3. The molecule has 0 saturated carbocycles. The fraction of sp³-hybridized carbons (Fsp3) is 0.160. The lowest BCUT2D eigenvalue weighted by molar-refractivity contribution is -0.384. The van der Waals surface area contributed by atoms with Crippen molar-refractivity contribution in [3.05, 3.63) is 94.0 Å². The van der Waals surface area contributed by atoms with Gasteiger partial charge in [0, 0.05) is 23.4 Å². The Hall–Kier alpha value is -3.98. The first-order valence-electron chi connectivity index (χ1n) is 10.6. The van der Waals surface area contributed by atoms with Crippen molar-refractivity contribution in [3.8, 4) is 17.1 Å². The number of nitrogens with one attached hydrogen (secondary N) is 1. The zero-order chi connectivity index (χ0) is 24.2. The minimum atomic E-state index is -0.531. The van der Waals surface area contributed by atoms with Crippen LogP contribution in [0.4, 0.5) is 11.4 Å². The number of nitro groups is 1. The molecule has 0 radical (unpaired) electrons. The van der Waals surface area contributed by atoms with Crippen LogP contribution < -0.4 is 5.32 Å². The Morgan fingerprint density at radius 1 is 1.03 bits per heavy atom. The number of nitrogens with zero attached hydrogens (tertiary/aromatic N) is 4. The topological polar surface area (TPSA) is 103 Å². The highest BCUT2D eigenvalue weighted by Gasteiger charge is 2.23. The van der Waals surface area contributed by atoms with E-state index in [9.17, 15) is 14.9 Å². The van der Waals surface area contributed by atoms with Gasteiger partial charge >= 0.3 is 0 Å². The molecule has 0 spiro atoms. The number of nitro benzene ring substituents is 1. The van der Waals surface area contributed by atoms with Crippen LogP contribution in [0.1, 0.15) is 18.1 Å². The number of aromatic nitrogens is 3. The van der Waals surface area contributed by atoms with Crippen molar-refractivity contribution in [1.82, 2.24) is 14.8 Å². The van der Waals surface area contributed by atoms with E-state index >= 15 is 0 Å². The number of hydrogen-bond donors (Lipinski definition) is 1. The van der Waals surface area contributed by atoms with E-state index in [1.54, 1.807) is 19.9 Å². The number of carbonyl (C=O) groups is 1. The normalized spacial score (nSPS) is 11.7. The Kier molecular flexibility index (Phi) is 6.74. The molecular weight excluding hydrogens is 450 g/mol. The maximum Gasteiger partial charge on any atom is 0.271 e. The summed E-state index contributed by atoms with van der Waals surface area (Å²) in [5.74, 6) is 0.393. The van der Waals surface area contributed by atoms with Crippen LogP contribution >= 0.6 is 11.8 Å². The molecule has 0 aliphatic carbocycles. The van der Waals surface area contributed by atoms with E-state index in [-0.39, 0.29) is 11.6 Å². The largest absolute Gasteiger partial charge is 0.325 e. The molecule has 4 aromatic rings. The molecule has 1 atom stereocenters. The lowest BCUT2D eigenvalue weighted by Gasteiger charge is -2.15. The summed E-state index contributed by atoms with van der Waals surface area (Å²) in [7, 11) is 0. The molecule has 1 amide bonds. The number of non-ortho nitro benzene ring substituents is 1. The summed E-state index contributed by atoms with van der Waals surface area (Å²) in [6.07, 6.45) is 0. The fourth-order valence-corrected chi connectivity index (χ4v) is 4.22. The molecule has 0 fully saturated rings. The van der Waals surface area contributed by atoms with Gasteiger partial charge in [-0.25, -0.2) is 0 Å². The molecule has 1 aromatic heterocycles. The first-order chi connectivity index (χ1) is 16.3. The van der Waals surface area contributed by atoms with Gasteiger partial charge in [-0.15, -0.1) is 10.2 Å². The van der Waals surface area contributed by atoms with Crippen LogP contribution in [0.15, 0.2) is 78.0 Å². The number of hydrogen-bond acceptors (Lipinski definition) is 6. The number of carbonyl (C=O) groups excluding carboxylic acids is 1. The van der Waals surface area contributed by atoms with E-state index in [1.165, 1.54) is 23.9 Å². The molecule has 0 saturated heterocycles. The second kappa shape index (κ2) is 9.88. The molecule has 172 valence electrons. The van der Waals surface area contributed by atoms with Crippen molar-refractivity contribution in [3.63, 3.8) is 0 Å². The van der Waals surface area contributed by atoms with Gasteiger partial charge < -0.3 is 5.32 Å². The number of aryl methyl sites for hydroxylation is 2. The molecule has 9 heteroatoms. The number of para-hydroxylation sites is 1. The third kappa shape index (κ3) is 4.99. The lowest BCUT2D eigenvalue weighted by atomic mass is 10.1. The van der Waals surface area contributed by atoms with E-state index in [1.807, 2.05) is 66.1 Å². The number of rotatable bonds is 7. The van der Waals surface area contributed by atoms with E-state index in [0.29, 0.717) is 16.7 Å². The Balaban J connectivity index is 1.62. The van der Waals surface area contributed by atoms with Gasteiger partial charge in [-0.3, -0.25) is 19.5 Å². The second-order valence-corrected chi connectivity index (χ2v) is 9.16. The highest BCUT2D eigenvalue weighted by atomic mass is 32.2. The van der Waals surface area contributed by atoms with Crippen molar-refractivity contribution in [2.45, 2.75) is 31.2 Å².